The molecule has 2 amide bonds. The number of aryl methyl sites for hydroxylation is 1. The monoisotopic (exact) mass is 344 g/mol. The van der Waals surface area contributed by atoms with E-state index in [1.54, 1.807) is 12.1 Å². The van der Waals surface area contributed by atoms with Crippen LogP contribution >= 0.6 is 11.8 Å². The Hall–Kier alpha value is -1.83. The average molecular weight is 344 g/mol. The van der Waals surface area contributed by atoms with Crippen molar-refractivity contribution in [1.29, 1.82) is 0 Å². The first-order valence-electron chi connectivity index (χ1n) is 7.18. The molecule has 1 aliphatic rings. The topological polar surface area (TPSA) is 81.4 Å². The normalized spacial score (nSPS) is 16.7. The number of ether oxygens (including phenoxy) is 1. The summed E-state index contributed by atoms with van der Waals surface area (Å²) in [7, 11) is 0. The number of amides is 2. The Kier molecular flexibility index (Phi) is 6.20. The lowest BCUT2D eigenvalue weighted by atomic mass is 9.87. The van der Waals surface area contributed by atoms with Gasteiger partial charge in [0.1, 0.15) is 5.75 Å². The minimum atomic E-state index is -2.85. The molecule has 0 saturated carbocycles. The smallest absolute Gasteiger partial charge is 0.387 e. The molecule has 1 aromatic carbocycles. The van der Waals surface area contributed by atoms with Crippen molar-refractivity contribution in [2.75, 3.05) is 11.5 Å². The minimum Gasteiger partial charge on any atom is -0.435 e. The highest BCUT2D eigenvalue weighted by molar-refractivity contribution is 8.00. The van der Waals surface area contributed by atoms with Crippen molar-refractivity contribution in [1.82, 2.24) is 5.32 Å². The SMILES string of the molecule is NC(=O)CSCC(=O)NC1CCCc2cc(OC(F)F)ccc21. The van der Waals surface area contributed by atoms with Crippen molar-refractivity contribution in [2.45, 2.75) is 31.9 Å². The minimum absolute atomic E-state index is 0.100. The third kappa shape index (κ3) is 5.38. The maximum atomic E-state index is 12.3. The van der Waals surface area contributed by atoms with Gasteiger partial charge in [-0.15, -0.1) is 11.8 Å². The number of rotatable bonds is 7. The maximum Gasteiger partial charge on any atom is 0.387 e. The van der Waals surface area contributed by atoms with Crippen molar-refractivity contribution in [3.05, 3.63) is 29.3 Å². The summed E-state index contributed by atoms with van der Waals surface area (Å²) in [4.78, 5) is 22.6. The molecule has 1 atom stereocenters. The van der Waals surface area contributed by atoms with Crippen LogP contribution in [0.25, 0.3) is 0 Å². The maximum absolute atomic E-state index is 12.3. The van der Waals surface area contributed by atoms with Gasteiger partial charge in [0, 0.05) is 0 Å². The van der Waals surface area contributed by atoms with Crippen LogP contribution < -0.4 is 15.8 Å². The fourth-order valence-corrected chi connectivity index (χ4v) is 3.17. The average Bonchev–Trinajstić information content (AvgIpc) is 2.46. The van der Waals surface area contributed by atoms with Crippen LogP contribution in [0.1, 0.15) is 30.0 Å². The van der Waals surface area contributed by atoms with Crippen LogP contribution in [-0.2, 0) is 16.0 Å². The molecule has 0 aliphatic heterocycles. The molecule has 23 heavy (non-hydrogen) atoms. The lowest BCUT2D eigenvalue weighted by molar-refractivity contribution is -0.119. The lowest BCUT2D eigenvalue weighted by Crippen LogP contribution is -2.32. The molecule has 0 fully saturated rings. The molecule has 2 rings (SSSR count). The van der Waals surface area contributed by atoms with Crippen LogP contribution in [0.5, 0.6) is 5.75 Å². The number of hydrogen-bond acceptors (Lipinski definition) is 4. The van der Waals surface area contributed by atoms with E-state index in [2.05, 4.69) is 10.1 Å². The summed E-state index contributed by atoms with van der Waals surface area (Å²) in [6.07, 6.45) is 2.40. The first-order chi connectivity index (χ1) is 11.0. The number of nitrogens with one attached hydrogen (secondary N) is 1. The molecule has 1 aromatic rings. The predicted molar refractivity (Wildman–Crippen MR) is 83.4 cm³/mol. The Morgan fingerprint density at radius 3 is 2.87 bits per heavy atom. The number of alkyl halides is 2. The van der Waals surface area contributed by atoms with Gasteiger partial charge >= 0.3 is 6.61 Å². The lowest BCUT2D eigenvalue weighted by Gasteiger charge is -2.27. The molecular formula is C15H18F2N2O3S. The second-order valence-corrected chi connectivity index (χ2v) is 6.20. The van der Waals surface area contributed by atoms with Crippen molar-refractivity contribution < 1.29 is 23.1 Å². The Morgan fingerprint density at radius 1 is 1.39 bits per heavy atom. The number of carbonyl (C=O) groups is 2. The molecule has 1 aliphatic carbocycles. The van der Waals surface area contributed by atoms with Gasteiger partial charge in [0.2, 0.25) is 11.8 Å². The van der Waals surface area contributed by atoms with E-state index < -0.39 is 12.5 Å². The second-order valence-electron chi connectivity index (χ2n) is 5.21. The van der Waals surface area contributed by atoms with E-state index in [1.807, 2.05) is 0 Å². The number of nitrogens with two attached hydrogens (primary N) is 1. The number of thioether (sulfide) groups is 1. The molecule has 126 valence electrons. The Balaban J connectivity index is 1.98. The quantitative estimate of drug-likeness (QED) is 0.793. The van der Waals surface area contributed by atoms with E-state index in [4.69, 9.17) is 5.73 Å². The molecule has 1 unspecified atom stereocenters. The number of halogens is 2. The molecule has 5 nitrogen and oxygen atoms in total. The second kappa shape index (κ2) is 8.14. The first kappa shape index (κ1) is 17.5. The highest BCUT2D eigenvalue weighted by Crippen LogP contribution is 2.32. The van der Waals surface area contributed by atoms with Gasteiger partial charge < -0.3 is 15.8 Å². The standard InChI is InChI=1S/C15H18F2N2O3S/c16-15(17)22-10-4-5-11-9(6-10)2-1-3-12(11)19-14(21)8-23-7-13(18)20/h4-6,12,15H,1-3,7-8H2,(H2,18,20)(H,19,21). The van der Waals surface area contributed by atoms with Crippen LogP contribution in [0.2, 0.25) is 0 Å². The molecule has 0 aromatic heterocycles. The summed E-state index contributed by atoms with van der Waals surface area (Å²) < 4.78 is 28.9. The summed E-state index contributed by atoms with van der Waals surface area (Å²) in [5, 5.41) is 2.91. The largest absolute Gasteiger partial charge is 0.435 e. The van der Waals surface area contributed by atoms with Crippen LogP contribution in [-0.4, -0.2) is 29.9 Å². The number of fused-ring (bicyclic) bond motifs is 1. The zero-order chi connectivity index (χ0) is 16.8. The van der Waals surface area contributed by atoms with E-state index in [0.717, 1.165) is 42.2 Å². The third-order valence-electron chi connectivity index (χ3n) is 3.47. The summed E-state index contributed by atoms with van der Waals surface area (Å²) in [5.41, 5.74) is 6.85. The van der Waals surface area contributed by atoms with Crippen molar-refractivity contribution in [3.8, 4) is 5.75 Å². The Bertz CT molecular complexity index is 584. The fourth-order valence-electron chi connectivity index (χ4n) is 2.60. The molecule has 0 radical (unpaired) electrons. The van der Waals surface area contributed by atoms with E-state index >= 15 is 0 Å². The molecule has 0 spiro atoms. The van der Waals surface area contributed by atoms with Crippen molar-refractivity contribution >= 4 is 23.6 Å². The molecule has 3 N–H and O–H groups in total. The van der Waals surface area contributed by atoms with Gasteiger partial charge in [0.25, 0.3) is 0 Å². The zero-order valence-electron chi connectivity index (χ0n) is 12.4. The molecule has 0 heterocycles. The number of primary amides is 1. The van der Waals surface area contributed by atoms with Crippen LogP contribution in [0.15, 0.2) is 18.2 Å². The number of carbonyl (C=O) groups excluding carboxylic acids is 2. The van der Waals surface area contributed by atoms with Crippen LogP contribution in [0.3, 0.4) is 0 Å². The van der Waals surface area contributed by atoms with Gasteiger partial charge in [-0.25, -0.2) is 0 Å². The van der Waals surface area contributed by atoms with E-state index in [0.29, 0.717) is 0 Å². The Morgan fingerprint density at radius 2 is 2.17 bits per heavy atom. The van der Waals surface area contributed by atoms with Gasteiger partial charge in [-0.1, -0.05) is 6.07 Å². The summed E-state index contributed by atoms with van der Waals surface area (Å²) in [6, 6.07) is 4.65. The first-order valence-corrected chi connectivity index (χ1v) is 8.34. The van der Waals surface area contributed by atoms with Crippen molar-refractivity contribution in [3.63, 3.8) is 0 Å². The van der Waals surface area contributed by atoms with Gasteiger partial charge in [-0.3, -0.25) is 9.59 Å². The van der Waals surface area contributed by atoms with Gasteiger partial charge in [-0.2, -0.15) is 8.78 Å². The highest BCUT2D eigenvalue weighted by atomic mass is 32.2. The zero-order valence-corrected chi connectivity index (χ0v) is 13.2. The van der Waals surface area contributed by atoms with Gasteiger partial charge in [-0.05, 0) is 42.5 Å². The van der Waals surface area contributed by atoms with E-state index in [1.165, 1.54) is 6.07 Å². The van der Waals surface area contributed by atoms with Gasteiger partial charge in [0.15, 0.2) is 0 Å². The highest BCUT2D eigenvalue weighted by Gasteiger charge is 2.22. The Labute approximate surface area is 136 Å². The predicted octanol–water partition coefficient (Wildman–Crippen LogP) is 2.00. The fraction of sp³-hybridized carbons (Fsp3) is 0.467. The summed E-state index contributed by atoms with van der Waals surface area (Å²) in [5.74, 6) is -0.258. The number of hydrogen-bond donors (Lipinski definition) is 2. The van der Waals surface area contributed by atoms with Crippen LogP contribution in [0.4, 0.5) is 8.78 Å². The molecule has 0 saturated heterocycles. The summed E-state index contributed by atoms with van der Waals surface area (Å²) >= 11 is 1.16. The van der Waals surface area contributed by atoms with Gasteiger partial charge in [0.05, 0.1) is 17.5 Å². The molecule has 0 bridgehead atoms. The van der Waals surface area contributed by atoms with Crippen molar-refractivity contribution in [2.24, 2.45) is 5.73 Å². The van der Waals surface area contributed by atoms with E-state index in [9.17, 15) is 18.4 Å². The summed E-state index contributed by atoms with van der Waals surface area (Å²) in [6.45, 7) is -2.85. The molecular weight excluding hydrogens is 326 g/mol. The van der Waals surface area contributed by atoms with E-state index in [-0.39, 0.29) is 29.2 Å². The molecule has 8 heteroatoms. The third-order valence-corrected chi connectivity index (χ3v) is 4.42. The van der Waals surface area contributed by atoms with Crippen LogP contribution in [0, 0.1) is 0 Å². The number of benzene rings is 1.